The van der Waals surface area contributed by atoms with E-state index in [1.165, 1.54) is 0 Å². The van der Waals surface area contributed by atoms with Crippen molar-refractivity contribution in [2.45, 2.75) is 34.1 Å². The Morgan fingerprint density at radius 1 is 1.17 bits per heavy atom. The van der Waals surface area contributed by atoms with Gasteiger partial charge in [-0.1, -0.05) is 13.8 Å². The van der Waals surface area contributed by atoms with Crippen LogP contribution in [0.2, 0.25) is 0 Å². The van der Waals surface area contributed by atoms with Gasteiger partial charge in [0.15, 0.2) is 5.76 Å². The van der Waals surface area contributed by atoms with E-state index in [-0.39, 0.29) is 30.6 Å². The molecule has 0 saturated heterocycles. The van der Waals surface area contributed by atoms with Crippen molar-refractivity contribution in [2.75, 3.05) is 13.1 Å². The lowest BCUT2D eigenvalue weighted by Crippen LogP contribution is -2.35. The molecular weight excluding hydrogens is 294 g/mol. The van der Waals surface area contributed by atoms with E-state index in [1.807, 2.05) is 39.8 Å². The number of carbonyl (C=O) groups excluding carboxylic acids is 1. The van der Waals surface area contributed by atoms with Crippen molar-refractivity contribution in [1.82, 2.24) is 4.90 Å². The van der Waals surface area contributed by atoms with E-state index in [1.54, 1.807) is 11.0 Å². The van der Waals surface area contributed by atoms with E-state index in [0.717, 1.165) is 16.5 Å². The first-order valence-electron chi connectivity index (χ1n) is 7.79. The smallest absolute Gasteiger partial charge is 0.305 e. The number of hydrogen-bond acceptors (Lipinski definition) is 3. The zero-order chi connectivity index (χ0) is 17.1. The SMILES string of the molecule is Cc1cc2cc(C(=O)N(CCC(=O)O)CC(C)C)oc2cc1C. The molecule has 1 amide bonds. The standard InChI is InChI=1S/C18H23NO4/c1-11(2)10-19(6-5-17(20)21)18(22)16-9-14-7-12(3)13(4)8-15(14)23-16/h7-9,11H,5-6,10H2,1-4H3,(H,20,21). The van der Waals surface area contributed by atoms with E-state index in [4.69, 9.17) is 9.52 Å². The highest BCUT2D eigenvalue weighted by Crippen LogP contribution is 2.24. The Labute approximate surface area is 135 Å². The Bertz CT molecular complexity index is 691. The van der Waals surface area contributed by atoms with Crippen molar-refractivity contribution in [3.63, 3.8) is 0 Å². The molecule has 1 N–H and O–H groups in total. The second-order valence-electron chi connectivity index (χ2n) is 6.37. The fourth-order valence-corrected chi connectivity index (χ4v) is 2.51. The molecule has 0 aliphatic heterocycles. The Morgan fingerprint density at radius 3 is 2.43 bits per heavy atom. The summed E-state index contributed by atoms with van der Waals surface area (Å²) in [5.74, 6) is -0.661. The molecule has 5 nitrogen and oxygen atoms in total. The molecule has 0 aliphatic carbocycles. The molecule has 1 heterocycles. The number of carboxylic acid groups (broad SMARTS) is 1. The molecule has 5 heteroatoms. The molecule has 2 aromatic rings. The second-order valence-corrected chi connectivity index (χ2v) is 6.37. The van der Waals surface area contributed by atoms with Crippen LogP contribution in [-0.4, -0.2) is 35.0 Å². The van der Waals surface area contributed by atoms with Crippen molar-refractivity contribution in [1.29, 1.82) is 0 Å². The fraction of sp³-hybridized carbons (Fsp3) is 0.444. The molecule has 1 aromatic heterocycles. The van der Waals surface area contributed by atoms with Crippen LogP contribution in [0.4, 0.5) is 0 Å². The number of aryl methyl sites for hydroxylation is 2. The van der Waals surface area contributed by atoms with Crippen LogP contribution in [-0.2, 0) is 4.79 Å². The maximum Gasteiger partial charge on any atom is 0.305 e. The molecule has 23 heavy (non-hydrogen) atoms. The van der Waals surface area contributed by atoms with Crippen LogP contribution in [0.25, 0.3) is 11.0 Å². The van der Waals surface area contributed by atoms with Gasteiger partial charge in [0, 0.05) is 18.5 Å². The van der Waals surface area contributed by atoms with E-state index in [2.05, 4.69) is 0 Å². The highest BCUT2D eigenvalue weighted by molar-refractivity contribution is 5.96. The number of amides is 1. The van der Waals surface area contributed by atoms with Gasteiger partial charge in [-0.05, 0) is 49.1 Å². The molecule has 0 fully saturated rings. The Morgan fingerprint density at radius 2 is 1.83 bits per heavy atom. The molecule has 0 spiro atoms. The van der Waals surface area contributed by atoms with Crippen molar-refractivity contribution < 1.29 is 19.1 Å². The summed E-state index contributed by atoms with van der Waals surface area (Å²) in [6, 6.07) is 5.65. The molecule has 0 radical (unpaired) electrons. The summed E-state index contributed by atoms with van der Waals surface area (Å²) in [6.07, 6.45) is -0.0725. The number of fused-ring (bicyclic) bond motifs is 1. The van der Waals surface area contributed by atoms with Crippen molar-refractivity contribution >= 4 is 22.8 Å². The first-order chi connectivity index (χ1) is 10.8. The first-order valence-corrected chi connectivity index (χ1v) is 7.79. The molecule has 0 aliphatic rings. The number of nitrogens with zero attached hydrogens (tertiary/aromatic N) is 1. The lowest BCUT2D eigenvalue weighted by atomic mass is 10.1. The topological polar surface area (TPSA) is 70.8 Å². The van der Waals surface area contributed by atoms with E-state index >= 15 is 0 Å². The van der Waals surface area contributed by atoms with Crippen molar-refractivity contribution in [2.24, 2.45) is 5.92 Å². The molecule has 0 atom stereocenters. The van der Waals surface area contributed by atoms with Crippen LogP contribution in [0.1, 0.15) is 41.9 Å². The number of hydrogen-bond donors (Lipinski definition) is 1. The van der Waals surface area contributed by atoms with Gasteiger partial charge in [0.2, 0.25) is 0 Å². The lowest BCUT2D eigenvalue weighted by Gasteiger charge is -2.22. The minimum atomic E-state index is -0.914. The number of rotatable bonds is 6. The minimum Gasteiger partial charge on any atom is -0.481 e. The van der Waals surface area contributed by atoms with Crippen molar-refractivity contribution in [3.05, 3.63) is 35.1 Å². The molecule has 0 saturated carbocycles. The minimum absolute atomic E-state index is 0.0725. The summed E-state index contributed by atoms with van der Waals surface area (Å²) in [4.78, 5) is 25.0. The van der Waals surface area contributed by atoms with Gasteiger partial charge < -0.3 is 14.4 Å². The molecule has 0 unspecified atom stereocenters. The van der Waals surface area contributed by atoms with Crippen LogP contribution < -0.4 is 0 Å². The second kappa shape index (κ2) is 6.86. The highest BCUT2D eigenvalue weighted by atomic mass is 16.4. The zero-order valence-electron chi connectivity index (χ0n) is 14.0. The van der Waals surface area contributed by atoms with Crippen LogP contribution in [0.5, 0.6) is 0 Å². The number of carbonyl (C=O) groups is 2. The largest absolute Gasteiger partial charge is 0.481 e. The predicted octanol–water partition coefficient (Wildman–Crippen LogP) is 3.62. The van der Waals surface area contributed by atoms with Gasteiger partial charge in [0.1, 0.15) is 5.58 Å². The van der Waals surface area contributed by atoms with Crippen molar-refractivity contribution in [3.8, 4) is 0 Å². The third kappa shape index (κ3) is 4.12. The number of carboxylic acids is 1. The molecule has 124 valence electrons. The third-order valence-electron chi connectivity index (χ3n) is 3.81. The van der Waals surface area contributed by atoms with Crippen LogP contribution in [0.15, 0.2) is 22.6 Å². The van der Waals surface area contributed by atoms with Gasteiger partial charge >= 0.3 is 5.97 Å². The van der Waals surface area contributed by atoms with E-state index in [0.29, 0.717) is 12.1 Å². The maximum atomic E-state index is 12.7. The van der Waals surface area contributed by atoms with Crippen LogP contribution >= 0.6 is 0 Å². The third-order valence-corrected chi connectivity index (χ3v) is 3.81. The Balaban J connectivity index is 2.29. The van der Waals surface area contributed by atoms with Gasteiger partial charge in [-0.3, -0.25) is 9.59 Å². The zero-order valence-corrected chi connectivity index (χ0v) is 14.0. The predicted molar refractivity (Wildman–Crippen MR) is 88.7 cm³/mol. The fourth-order valence-electron chi connectivity index (χ4n) is 2.51. The Kier molecular flexibility index (Phi) is 5.08. The highest BCUT2D eigenvalue weighted by Gasteiger charge is 2.21. The molecule has 2 rings (SSSR count). The number of aliphatic carboxylic acids is 1. The number of benzene rings is 1. The van der Waals surface area contributed by atoms with Gasteiger partial charge in [-0.25, -0.2) is 0 Å². The molecular formula is C18H23NO4. The quantitative estimate of drug-likeness (QED) is 0.883. The summed E-state index contributed by atoms with van der Waals surface area (Å²) in [7, 11) is 0. The summed E-state index contributed by atoms with van der Waals surface area (Å²) in [5, 5.41) is 9.75. The average molecular weight is 317 g/mol. The summed E-state index contributed by atoms with van der Waals surface area (Å²) >= 11 is 0. The summed E-state index contributed by atoms with van der Waals surface area (Å²) < 4.78 is 5.70. The van der Waals surface area contributed by atoms with Crippen LogP contribution in [0, 0.1) is 19.8 Å². The lowest BCUT2D eigenvalue weighted by molar-refractivity contribution is -0.137. The monoisotopic (exact) mass is 317 g/mol. The molecule has 1 aromatic carbocycles. The summed E-state index contributed by atoms with van der Waals surface area (Å²) in [5.41, 5.74) is 2.93. The van der Waals surface area contributed by atoms with E-state index in [9.17, 15) is 9.59 Å². The summed E-state index contributed by atoms with van der Waals surface area (Å²) in [6.45, 7) is 8.68. The Hall–Kier alpha value is -2.30. The van der Waals surface area contributed by atoms with Gasteiger partial charge in [-0.15, -0.1) is 0 Å². The van der Waals surface area contributed by atoms with E-state index < -0.39 is 5.97 Å². The van der Waals surface area contributed by atoms with Gasteiger partial charge in [0.25, 0.3) is 5.91 Å². The normalized spacial score (nSPS) is 11.2. The van der Waals surface area contributed by atoms with Crippen LogP contribution in [0.3, 0.4) is 0 Å². The molecule has 0 bridgehead atoms. The average Bonchev–Trinajstić information content (AvgIpc) is 2.85. The van der Waals surface area contributed by atoms with Gasteiger partial charge in [-0.2, -0.15) is 0 Å². The number of furan rings is 1. The first kappa shape index (κ1) is 17.1. The van der Waals surface area contributed by atoms with Gasteiger partial charge in [0.05, 0.1) is 6.42 Å². The maximum absolute atomic E-state index is 12.7.